The number of pyridine rings is 1. The minimum absolute atomic E-state index is 0.00815. The second kappa shape index (κ2) is 5.46. The molecule has 0 N–H and O–H groups in total. The number of aldehydes is 1. The van der Waals surface area contributed by atoms with Gasteiger partial charge in [-0.1, -0.05) is 5.92 Å². The van der Waals surface area contributed by atoms with Gasteiger partial charge in [0.2, 0.25) is 5.88 Å². The summed E-state index contributed by atoms with van der Waals surface area (Å²) < 4.78 is 4.82. The van der Waals surface area contributed by atoms with Gasteiger partial charge in [0.1, 0.15) is 6.29 Å². The Kier molecular flexibility index (Phi) is 3.98. The highest BCUT2D eigenvalue weighted by molar-refractivity contribution is 5.56. The topological polar surface area (TPSA) is 82.3 Å². The van der Waals surface area contributed by atoms with Gasteiger partial charge >= 0.3 is 5.69 Å². The number of rotatable bonds is 3. The molecule has 0 aromatic carbocycles. The van der Waals surface area contributed by atoms with Crippen molar-refractivity contribution in [2.45, 2.75) is 6.42 Å². The third-order valence-electron chi connectivity index (χ3n) is 1.65. The normalized spacial score (nSPS) is 8.81. The summed E-state index contributed by atoms with van der Waals surface area (Å²) in [6, 6.07) is 2.64. The highest BCUT2D eigenvalue weighted by Gasteiger charge is 2.14. The van der Waals surface area contributed by atoms with E-state index in [2.05, 4.69) is 16.8 Å². The maximum absolute atomic E-state index is 10.6. The van der Waals surface area contributed by atoms with Crippen LogP contribution in [-0.2, 0) is 4.79 Å². The Morgan fingerprint density at radius 3 is 2.94 bits per heavy atom. The summed E-state index contributed by atoms with van der Waals surface area (Å²) in [4.78, 5) is 23.9. The smallest absolute Gasteiger partial charge is 0.303 e. The average Bonchev–Trinajstić information content (AvgIpc) is 2.29. The highest BCUT2D eigenvalue weighted by atomic mass is 16.6. The van der Waals surface area contributed by atoms with Gasteiger partial charge in [-0.25, -0.2) is 0 Å². The van der Waals surface area contributed by atoms with Crippen LogP contribution in [0, 0.1) is 22.0 Å². The number of nitro groups is 1. The van der Waals surface area contributed by atoms with E-state index >= 15 is 0 Å². The van der Waals surface area contributed by atoms with Crippen LogP contribution in [0.2, 0.25) is 0 Å². The molecule has 0 unspecified atom stereocenters. The van der Waals surface area contributed by atoms with Crippen LogP contribution < -0.4 is 4.74 Å². The van der Waals surface area contributed by atoms with E-state index in [4.69, 9.17) is 4.74 Å². The van der Waals surface area contributed by atoms with Gasteiger partial charge in [0.15, 0.2) is 5.69 Å². The van der Waals surface area contributed by atoms with Crippen molar-refractivity contribution in [1.82, 2.24) is 4.98 Å². The fourth-order valence-corrected chi connectivity index (χ4v) is 0.963. The van der Waals surface area contributed by atoms with E-state index in [9.17, 15) is 14.9 Å². The van der Waals surface area contributed by atoms with Gasteiger partial charge < -0.3 is 9.53 Å². The largest absolute Gasteiger partial charge is 0.481 e. The lowest BCUT2D eigenvalue weighted by Gasteiger charge is -1.99. The summed E-state index contributed by atoms with van der Waals surface area (Å²) in [5.74, 6) is 5.15. The molecule has 82 valence electrons. The van der Waals surface area contributed by atoms with Crippen LogP contribution in [-0.4, -0.2) is 23.3 Å². The molecule has 0 saturated carbocycles. The molecule has 0 aliphatic rings. The third-order valence-corrected chi connectivity index (χ3v) is 1.65. The first-order valence-corrected chi connectivity index (χ1v) is 4.31. The minimum Gasteiger partial charge on any atom is -0.481 e. The molecule has 0 aliphatic heterocycles. The van der Waals surface area contributed by atoms with Crippen molar-refractivity contribution in [3.05, 3.63) is 27.9 Å². The summed E-state index contributed by atoms with van der Waals surface area (Å²) >= 11 is 0. The van der Waals surface area contributed by atoms with E-state index in [-0.39, 0.29) is 23.7 Å². The van der Waals surface area contributed by atoms with Crippen LogP contribution in [0.5, 0.6) is 5.88 Å². The summed E-state index contributed by atoms with van der Waals surface area (Å²) in [5.41, 5.74) is -0.217. The molecule has 6 nitrogen and oxygen atoms in total. The van der Waals surface area contributed by atoms with Gasteiger partial charge in [0, 0.05) is 12.1 Å². The zero-order valence-corrected chi connectivity index (χ0v) is 8.47. The van der Waals surface area contributed by atoms with Crippen molar-refractivity contribution in [1.29, 1.82) is 0 Å². The lowest BCUT2D eigenvalue weighted by Crippen LogP contribution is -1.97. The first-order valence-electron chi connectivity index (χ1n) is 4.31. The average molecular weight is 220 g/mol. The van der Waals surface area contributed by atoms with E-state index in [0.29, 0.717) is 6.29 Å². The molecule has 0 spiro atoms. The van der Waals surface area contributed by atoms with Crippen molar-refractivity contribution >= 4 is 12.0 Å². The molecule has 0 fully saturated rings. The van der Waals surface area contributed by atoms with Crippen molar-refractivity contribution in [3.63, 3.8) is 0 Å². The van der Waals surface area contributed by atoms with Crippen LogP contribution in [0.15, 0.2) is 12.1 Å². The Balaban J connectivity index is 3.16. The Hall–Kier alpha value is -2.42. The molecule has 6 heteroatoms. The zero-order valence-electron chi connectivity index (χ0n) is 8.47. The second-order valence-electron chi connectivity index (χ2n) is 2.65. The van der Waals surface area contributed by atoms with Crippen LogP contribution in [0.25, 0.3) is 0 Å². The number of ether oxygens (including phenoxy) is 1. The number of carbonyl (C=O) groups excluding carboxylic acids is 1. The van der Waals surface area contributed by atoms with Gasteiger partial charge in [-0.3, -0.25) is 10.1 Å². The fraction of sp³-hybridized carbons (Fsp3) is 0.200. The number of hydrogen-bond acceptors (Lipinski definition) is 5. The number of nitrogens with zero attached hydrogens (tertiary/aromatic N) is 2. The predicted molar refractivity (Wildman–Crippen MR) is 55.0 cm³/mol. The van der Waals surface area contributed by atoms with E-state index in [1.54, 1.807) is 0 Å². The van der Waals surface area contributed by atoms with Crippen molar-refractivity contribution in [3.8, 4) is 17.7 Å². The molecule has 0 radical (unpaired) electrons. The van der Waals surface area contributed by atoms with Crippen molar-refractivity contribution in [2.75, 3.05) is 7.11 Å². The fourth-order valence-electron chi connectivity index (χ4n) is 0.963. The van der Waals surface area contributed by atoms with Crippen LogP contribution in [0.1, 0.15) is 12.1 Å². The molecule has 0 atom stereocenters. The van der Waals surface area contributed by atoms with E-state index < -0.39 is 4.92 Å². The Labute approximate surface area is 91.4 Å². The summed E-state index contributed by atoms with van der Waals surface area (Å²) in [7, 11) is 1.40. The van der Waals surface area contributed by atoms with Gasteiger partial charge in [-0.2, -0.15) is 4.98 Å². The molecule has 0 saturated heterocycles. The van der Waals surface area contributed by atoms with Crippen molar-refractivity contribution < 1.29 is 14.5 Å². The Morgan fingerprint density at radius 2 is 2.38 bits per heavy atom. The van der Waals surface area contributed by atoms with Crippen LogP contribution in [0.4, 0.5) is 5.69 Å². The highest BCUT2D eigenvalue weighted by Crippen LogP contribution is 2.18. The maximum Gasteiger partial charge on any atom is 0.303 e. The molecule has 1 heterocycles. The first kappa shape index (κ1) is 11.7. The van der Waals surface area contributed by atoms with Crippen molar-refractivity contribution in [2.24, 2.45) is 0 Å². The number of methoxy groups -OCH3 is 1. The maximum atomic E-state index is 10.6. The monoisotopic (exact) mass is 220 g/mol. The summed E-state index contributed by atoms with van der Waals surface area (Å²) in [5, 5.41) is 10.6. The van der Waals surface area contributed by atoms with Gasteiger partial charge in [-0.05, 0) is 5.92 Å². The minimum atomic E-state index is -0.586. The molecule has 1 aromatic rings. The van der Waals surface area contributed by atoms with Crippen LogP contribution >= 0.6 is 0 Å². The van der Waals surface area contributed by atoms with Gasteiger partial charge in [0.25, 0.3) is 0 Å². The third kappa shape index (κ3) is 2.78. The Morgan fingerprint density at radius 1 is 1.62 bits per heavy atom. The second-order valence-corrected chi connectivity index (χ2v) is 2.65. The van der Waals surface area contributed by atoms with E-state index in [1.165, 1.54) is 19.2 Å². The van der Waals surface area contributed by atoms with Gasteiger partial charge in [0.05, 0.1) is 18.5 Å². The Bertz CT molecular complexity index is 473. The zero-order chi connectivity index (χ0) is 12.0. The quantitative estimate of drug-likeness (QED) is 0.327. The molecule has 1 rings (SSSR count). The lowest BCUT2D eigenvalue weighted by molar-refractivity contribution is -0.385. The molecular weight excluding hydrogens is 212 g/mol. The predicted octanol–water partition coefficient (Wildman–Crippen LogP) is 0.939. The summed E-state index contributed by atoms with van der Waals surface area (Å²) in [6.45, 7) is 0. The van der Waals surface area contributed by atoms with E-state index in [0.717, 1.165) is 0 Å². The number of aromatic nitrogens is 1. The number of carbonyl (C=O) groups is 1. The number of hydrogen-bond donors (Lipinski definition) is 0. The van der Waals surface area contributed by atoms with Crippen LogP contribution in [0.3, 0.4) is 0 Å². The molecule has 0 aliphatic carbocycles. The standard InChI is InChI=1S/C10H8N2O4/c1-16-10-6-5-9(12(14)15)8(11-10)4-2-3-7-13/h5-7H,3H2,1H3. The molecular formula is C10H8N2O4. The SMILES string of the molecule is COc1ccc([N+](=O)[O-])c(C#CCC=O)n1. The van der Waals surface area contributed by atoms with Gasteiger partial charge in [-0.15, -0.1) is 0 Å². The van der Waals surface area contributed by atoms with E-state index in [1.807, 2.05) is 0 Å². The molecule has 0 bridgehead atoms. The molecule has 16 heavy (non-hydrogen) atoms. The summed E-state index contributed by atoms with van der Waals surface area (Å²) in [6.07, 6.45) is 0.620. The molecule has 1 aromatic heterocycles. The molecule has 0 amide bonds. The first-order chi connectivity index (χ1) is 7.69. The lowest BCUT2D eigenvalue weighted by atomic mass is 10.3.